The van der Waals surface area contributed by atoms with Gasteiger partial charge in [0.1, 0.15) is 18.3 Å². The van der Waals surface area contributed by atoms with Crippen LogP contribution in [0.15, 0.2) is 30.3 Å². The molecule has 0 aliphatic carbocycles. The van der Waals surface area contributed by atoms with Crippen molar-refractivity contribution in [3.63, 3.8) is 0 Å². The molecule has 0 saturated carbocycles. The summed E-state index contributed by atoms with van der Waals surface area (Å²) in [4.78, 5) is 12.5. The fourth-order valence-electron chi connectivity index (χ4n) is 3.05. The third-order valence-corrected chi connectivity index (χ3v) is 5.32. The first-order valence-electron chi connectivity index (χ1n) is 7.85. The van der Waals surface area contributed by atoms with E-state index in [1.54, 1.807) is 13.8 Å². The summed E-state index contributed by atoms with van der Waals surface area (Å²) in [6.07, 6.45) is -2.47. The summed E-state index contributed by atoms with van der Waals surface area (Å²) < 4.78 is 34.7. The fraction of sp³-hybridized carbons (Fsp3) is 0.588. The van der Waals surface area contributed by atoms with Gasteiger partial charge in [-0.1, -0.05) is 30.3 Å². The van der Waals surface area contributed by atoms with E-state index in [0.717, 1.165) is 5.56 Å². The fourth-order valence-corrected chi connectivity index (χ4v) is 4.20. The van der Waals surface area contributed by atoms with Crippen LogP contribution >= 0.6 is 0 Å². The van der Waals surface area contributed by atoms with Gasteiger partial charge in [0.05, 0.1) is 5.75 Å². The van der Waals surface area contributed by atoms with Crippen LogP contribution in [0, 0.1) is 0 Å². The summed E-state index contributed by atoms with van der Waals surface area (Å²) in [5, 5.41) is 0. The van der Waals surface area contributed by atoms with E-state index in [1.807, 2.05) is 30.3 Å². The Balaban J connectivity index is 1.60. The van der Waals surface area contributed by atoms with E-state index in [2.05, 4.69) is 0 Å². The maximum absolute atomic E-state index is 12.5. The molecular weight excluding hydrogens is 332 g/mol. The molecule has 6 nitrogen and oxygen atoms in total. The quantitative estimate of drug-likeness (QED) is 0.769. The molecule has 24 heavy (non-hydrogen) atoms. The second-order valence-corrected chi connectivity index (χ2v) is 7.86. The standard InChI is InChI=1S/C17H22O6S/c1-17(2)22-15-14(20-3)13(21-16(15)23-17)12(18)10-24(19)9-11-7-5-4-6-8-11/h4-8,13-16H,9-10H2,1-3H3. The molecule has 2 fully saturated rings. The molecule has 7 heteroatoms. The van der Waals surface area contributed by atoms with E-state index in [4.69, 9.17) is 18.9 Å². The first kappa shape index (κ1) is 17.7. The zero-order valence-corrected chi connectivity index (χ0v) is 14.8. The lowest BCUT2D eigenvalue weighted by atomic mass is 10.1. The van der Waals surface area contributed by atoms with Gasteiger partial charge >= 0.3 is 0 Å². The van der Waals surface area contributed by atoms with Gasteiger partial charge in [0, 0.05) is 23.7 Å². The first-order chi connectivity index (χ1) is 11.4. The Morgan fingerprint density at radius 1 is 1.25 bits per heavy atom. The van der Waals surface area contributed by atoms with Crippen LogP contribution in [0.4, 0.5) is 0 Å². The highest BCUT2D eigenvalue weighted by Gasteiger charge is 2.56. The van der Waals surface area contributed by atoms with E-state index in [9.17, 15) is 9.00 Å². The van der Waals surface area contributed by atoms with Crippen molar-refractivity contribution < 1.29 is 28.0 Å². The molecular formula is C17H22O6S. The molecule has 1 aromatic carbocycles. The van der Waals surface area contributed by atoms with E-state index in [1.165, 1.54) is 7.11 Å². The predicted molar refractivity (Wildman–Crippen MR) is 87.7 cm³/mol. The normalized spacial score (nSPS) is 32.5. The Morgan fingerprint density at radius 2 is 1.96 bits per heavy atom. The minimum Gasteiger partial charge on any atom is -0.375 e. The van der Waals surface area contributed by atoms with Gasteiger partial charge in [-0.15, -0.1) is 0 Å². The molecule has 2 saturated heterocycles. The number of hydrogen-bond acceptors (Lipinski definition) is 6. The average Bonchev–Trinajstić information content (AvgIpc) is 2.99. The van der Waals surface area contributed by atoms with Crippen molar-refractivity contribution in [3.8, 4) is 0 Å². The number of Topliss-reactive ketones (excluding diaryl/α,β-unsaturated/α-hetero) is 1. The van der Waals surface area contributed by atoms with Gasteiger partial charge in [-0.25, -0.2) is 0 Å². The number of ether oxygens (including phenoxy) is 4. The average molecular weight is 354 g/mol. The van der Waals surface area contributed by atoms with Gasteiger partial charge < -0.3 is 18.9 Å². The molecule has 0 radical (unpaired) electrons. The highest BCUT2D eigenvalue weighted by molar-refractivity contribution is 7.84. The summed E-state index contributed by atoms with van der Waals surface area (Å²) in [5.74, 6) is -0.766. The topological polar surface area (TPSA) is 71.1 Å². The van der Waals surface area contributed by atoms with Crippen LogP contribution in [-0.4, -0.2) is 53.2 Å². The van der Waals surface area contributed by atoms with Crippen LogP contribution in [0.1, 0.15) is 19.4 Å². The van der Waals surface area contributed by atoms with E-state index in [-0.39, 0.29) is 11.5 Å². The van der Waals surface area contributed by atoms with Crippen LogP contribution in [0.5, 0.6) is 0 Å². The van der Waals surface area contributed by atoms with Gasteiger partial charge in [-0.05, 0) is 19.4 Å². The largest absolute Gasteiger partial charge is 0.375 e. The SMILES string of the molecule is COC1C(C(=O)CS(=O)Cc2ccccc2)OC2OC(C)(C)OC21. The van der Waals surface area contributed by atoms with Gasteiger partial charge in [0.2, 0.25) is 0 Å². The van der Waals surface area contributed by atoms with E-state index < -0.39 is 41.2 Å². The van der Waals surface area contributed by atoms with Crippen LogP contribution in [0.3, 0.4) is 0 Å². The molecule has 0 N–H and O–H groups in total. The van der Waals surface area contributed by atoms with Crippen LogP contribution in [0.2, 0.25) is 0 Å². The maximum atomic E-state index is 12.5. The van der Waals surface area contributed by atoms with Crippen molar-refractivity contribution in [3.05, 3.63) is 35.9 Å². The van der Waals surface area contributed by atoms with E-state index >= 15 is 0 Å². The zero-order chi connectivity index (χ0) is 17.3. The Labute approximate surface area is 143 Å². The number of carbonyl (C=O) groups excluding carboxylic acids is 1. The smallest absolute Gasteiger partial charge is 0.190 e. The highest BCUT2D eigenvalue weighted by Crippen LogP contribution is 2.38. The van der Waals surface area contributed by atoms with Gasteiger partial charge in [0.25, 0.3) is 0 Å². The lowest BCUT2D eigenvalue weighted by Gasteiger charge is -2.24. The third kappa shape index (κ3) is 3.75. The molecule has 5 atom stereocenters. The minimum atomic E-state index is -1.30. The van der Waals surface area contributed by atoms with Crippen LogP contribution in [-0.2, 0) is 40.3 Å². The minimum absolute atomic E-state index is 0.0811. The van der Waals surface area contributed by atoms with Crippen molar-refractivity contribution in [2.24, 2.45) is 0 Å². The Bertz CT molecular complexity index is 617. The summed E-state index contributed by atoms with van der Waals surface area (Å²) >= 11 is 0. The number of rotatable bonds is 6. The van der Waals surface area contributed by atoms with Crippen molar-refractivity contribution in [2.75, 3.05) is 12.9 Å². The molecule has 2 heterocycles. The Morgan fingerprint density at radius 3 is 2.62 bits per heavy atom. The maximum Gasteiger partial charge on any atom is 0.190 e. The molecule has 0 spiro atoms. The molecule has 5 unspecified atom stereocenters. The number of methoxy groups -OCH3 is 1. The van der Waals surface area contributed by atoms with Gasteiger partial charge in [0.15, 0.2) is 17.9 Å². The second-order valence-electron chi connectivity index (χ2n) is 6.41. The number of carbonyl (C=O) groups is 1. The molecule has 0 aromatic heterocycles. The summed E-state index contributed by atoms with van der Waals surface area (Å²) in [6, 6.07) is 9.44. The number of hydrogen-bond donors (Lipinski definition) is 0. The number of fused-ring (bicyclic) bond motifs is 1. The predicted octanol–water partition coefficient (Wildman–Crippen LogP) is 1.40. The molecule has 132 valence electrons. The summed E-state index contributed by atoms with van der Waals surface area (Å²) in [7, 11) is 0.204. The Kier molecular flexibility index (Phi) is 5.17. The zero-order valence-electron chi connectivity index (χ0n) is 14.0. The summed E-state index contributed by atoms with van der Waals surface area (Å²) in [6.45, 7) is 3.57. The molecule has 0 bridgehead atoms. The number of benzene rings is 1. The lowest BCUT2D eigenvalue weighted by Crippen LogP contribution is -2.41. The van der Waals surface area contributed by atoms with Gasteiger partial charge in [-0.3, -0.25) is 9.00 Å². The third-order valence-electron chi connectivity index (χ3n) is 4.05. The van der Waals surface area contributed by atoms with Crippen LogP contribution in [0.25, 0.3) is 0 Å². The molecule has 2 aliphatic rings. The van der Waals surface area contributed by atoms with Crippen molar-refractivity contribution in [2.45, 2.75) is 50.0 Å². The second kappa shape index (κ2) is 7.01. The molecule has 1 aromatic rings. The molecule has 3 rings (SSSR count). The molecule has 0 amide bonds. The Hall–Kier alpha value is -1.12. The van der Waals surface area contributed by atoms with Crippen molar-refractivity contribution >= 4 is 16.6 Å². The molecule has 2 aliphatic heterocycles. The number of ketones is 1. The lowest BCUT2D eigenvalue weighted by molar-refractivity contribution is -0.215. The highest BCUT2D eigenvalue weighted by atomic mass is 32.2. The monoisotopic (exact) mass is 354 g/mol. The van der Waals surface area contributed by atoms with E-state index in [0.29, 0.717) is 5.75 Å². The van der Waals surface area contributed by atoms with Crippen molar-refractivity contribution in [1.82, 2.24) is 0 Å². The summed E-state index contributed by atoms with van der Waals surface area (Å²) in [5.41, 5.74) is 0.935. The van der Waals surface area contributed by atoms with Crippen molar-refractivity contribution in [1.29, 1.82) is 0 Å². The van der Waals surface area contributed by atoms with Gasteiger partial charge in [-0.2, -0.15) is 0 Å². The first-order valence-corrected chi connectivity index (χ1v) is 9.34. The van der Waals surface area contributed by atoms with Crippen LogP contribution < -0.4 is 0 Å².